The Balaban J connectivity index is 1.28. The summed E-state index contributed by atoms with van der Waals surface area (Å²) in [4.78, 5) is 18.0. The molecule has 0 spiro atoms. The zero-order chi connectivity index (χ0) is 21.4. The van der Waals surface area contributed by atoms with Crippen LogP contribution in [0.5, 0.6) is 5.75 Å². The normalized spacial score (nSPS) is 33.5. The zero-order valence-corrected chi connectivity index (χ0v) is 19.1. The Hall–Kier alpha value is -1.79. The van der Waals surface area contributed by atoms with Gasteiger partial charge in [0.15, 0.2) is 0 Å². The van der Waals surface area contributed by atoms with Crippen LogP contribution < -0.4 is 20.3 Å². The van der Waals surface area contributed by atoms with Crippen LogP contribution in [0.1, 0.15) is 57.8 Å². The number of ether oxygens (including phenoxy) is 1. The highest BCUT2D eigenvalue weighted by Crippen LogP contribution is 2.39. The molecular formula is C25H38N4O2. The molecule has 3 heterocycles. The zero-order valence-electron chi connectivity index (χ0n) is 19.1. The maximum atomic E-state index is 13.6. The second-order valence-electron chi connectivity index (χ2n) is 10.3. The second kappa shape index (κ2) is 8.62. The van der Waals surface area contributed by atoms with E-state index in [1.54, 1.807) is 7.11 Å². The van der Waals surface area contributed by atoms with Crippen LogP contribution in [0.4, 0.5) is 5.69 Å². The topological polar surface area (TPSA) is 66.8 Å². The Morgan fingerprint density at radius 1 is 1.16 bits per heavy atom. The number of nitrogens with one attached hydrogen (secondary N) is 2. The number of hydrogen-bond acceptors (Lipinski definition) is 5. The highest BCUT2D eigenvalue weighted by molar-refractivity contribution is 5.88. The highest BCUT2D eigenvalue weighted by Gasteiger charge is 2.57. The van der Waals surface area contributed by atoms with Crippen LogP contribution in [0, 0.1) is 11.8 Å². The van der Waals surface area contributed by atoms with Crippen molar-refractivity contribution in [3.05, 3.63) is 24.3 Å². The Labute approximate surface area is 186 Å². The van der Waals surface area contributed by atoms with Crippen molar-refractivity contribution in [2.45, 2.75) is 75.7 Å². The molecule has 2 N–H and O–H groups in total. The summed E-state index contributed by atoms with van der Waals surface area (Å²) in [6.07, 6.45) is 11.5. The van der Waals surface area contributed by atoms with Crippen LogP contribution in [0.15, 0.2) is 24.3 Å². The number of likely N-dealkylation sites (N-methyl/N-ethyl adjacent to an activating group) is 1. The molecule has 170 valence electrons. The summed E-state index contributed by atoms with van der Waals surface area (Å²) in [7, 11) is 3.70. The molecule has 4 atom stereocenters. The lowest BCUT2D eigenvalue weighted by molar-refractivity contribution is -0.141. The number of piperazine rings is 1. The monoisotopic (exact) mass is 426 g/mol. The summed E-state index contributed by atoms with van der Waals surface area (Å²) in [5.74, 6) is 2.53. The largest absolute Gasteiger partial charge is 0.497 e. The number of carbonyl (C=O) groups is 1. The van der Waals surface area contributed by atoms with Gasteiger partial charge >= 0.3 is 0 Å². The first kappa shape index (κ1) is 21.1. The van der Waals surface area contributed by atoms with E-state index in [1.165, 1.54) is 44.2 Å². The standard InChI is InChI=1S/C25H38N4O2/c1-28-23-22(26-23)27-25(24(28)30,13-11-18-7-4-3-5-8-18)16-19-12-14-29(17-19)20-9-6-10-21(15-20)31-2/h6,9-10,15,18-19,22-23,26-27H,3-5,7-8,11-14,16-17H2,1-2H3/t19?,22?,23?,25-/m1/s1. The van der Waals surface area contributed by atoms with Crippen molar-refractivity contribution in [1.82, 2.24) is 15.5 Å². The minimum atomic E-state index is -0.411. The van der Waals surface area contributed by atoms with Crippen molar-refractivity contribution in [2.24, 2.45) is 11.8 Å². The van der Waals surface area contributed by atoms with E-state index >= 15 is 0 Å². The van der Waals surface area contributed by atoms with Crippen molar-refractivity contribution >= 4 is 11.6 Å². The van der Waals surface area contributed by atoms with Gasteiger partial charge in [0.05, 0.1) is 18.8 Å². The average Bonchev–Trinajstić information content (AvgIpc) is 3.43. The molecule has 3 aliphatic heterocycles. The predicted octanol–water partition coefficient (Wildman–Crippen LogP) is 3.33. The van der Waals surface area contributed by atoms with Gasteiger partial charge in [-0.2, -0.15) is 0 Å². The summed E-state index contributed by atoms with van der Waals surface area (Å²) in [6, 6.07) is 8.35. The van der Waals surface area contributed by atoms with Crippen LogP contribution in [-0.4, -0.2) is 55.9 Å². The molecule has 4 aliphatic rings. The highest BCUT2D eigenvalue weighted by atomic mass is 16.5. The fourth-order valence-corrected chi connectivity index (χ4v) is 6.30. The predicted molar refractivity (Wildman–Crippen MR) is 123 cm³/mol. The lowest BCUT2D eigenvalue weighted by atomic mass is 9.76. The van der Waals surface area contributed by atoms with E-state index in [9.17, 15) is 4.79 Å². The van der Waals surface area contributed by atoms with Gasteiger partial charge < -0.3 is 14.5 Å². The SMILES string of the molecule is COc1cccc(N2CCC(C[C@@]3(CCC4CCCCC4)NC4NC4N(C)C3=O)C2)c1. The molecule has 31 heavy (non-hydrogen) atoms. The van der Waals surface area contributed by atoms with Crippen LogP contribution in [0.3, 0.4) is 0 Å². The van der Waals surface area contributed by atoms with Gasteiger partial charge in [-0.25, -0.2) is 0 Å². The van der Waals surface area contributed by atoms with E-state index in [4.69, 9.17) is 4.74 Å². The molecule has 4 fully saturated rings. The number of benzene rings is 1. The van der Waals surface area contributed by atoms with Gasteiger partial charge in [-0.3, -0.25) is 15.4 Å². The average molecular weight is 427 g/mol. The third-order valence-electron chi connectivity index (χ3n) is 8.18. The molecule has 0 radical (unpaired) electrons. The Bertz CT molecular complexity index is 795. The first-order valence-corrected chi connectivity index (χ1v) is 12.3. The van der Waals surface area contributed by atoms with Crippen LogP contribution >= 0.6 is 0 Å². The third-order valence-corrected chi connectivity index (χ3v) is 8.18. The summed E-state index contributed by atoms with van der Waals surface area (Å²) in [5.41, 5.74) is 0.813. The molecule has 6 heteroatoms. The van der Waals surface area contributed by atoms with Gasteiger partial charge in [-0.1, -0.05) is 38.2 Å². The Morgan fingerprint density at radius 2 is 2.00 bits per heavy atom. The molecule has 6 nitrogen and oxygen atoms in total. The third kappa shape index (κ3) is 4.29. The van der Waals surface area contributed by atoms with E-state index in [0.29, 0.717) is 11.8 Å². The van der Waals surface area contributed by atoms with Gasteiger partial charge in [0.25, 0.3) is 0 Å². The maximum Gasteiger partial charge on any atom is 0.244 e. The summed E-state index contributed by atoms with van der Waals surface area (Å²) < 4.78 is 5.42. The molecular weight excluding hydrogens is 388 g/mol. The van der Waals surface area contributed by atoms with Gasteiger partial charge in [0.2, 0.25) is 5.91 Å². The fourth-order valence-electron chi connectivity index (χ4n) is 6.30. The molecule has 1 aliphatic carbocycles. The molecule has 1 aromatic rings. The second-order valence-corrected chi connectivity index (χ2v) is 10.3. The van der Waals surface area contributed by atoms with Crippen molar-refractivity contribution in [2.75, 3.05) is 32.1 Å². The van der Waals surface area contributed by atoms with E-state index in [2.05, 4.69) is 33.7 Å². The number of amides is 1. The van der Waals surface area contributed by atoms with Gasteiger partial charge in [-0.15, -0.1) is 0 Å². The van der Waals surface area contributed by atoms with Gasteiger partial charge in [0.1, 0.15) is 11.9 Å². The van der Waals surface area contributed by atoms with Crippen molar-refractivity contribution in [3.63, 3.8) is 0 Å². The summed E-state index contributed by atoms with van der Waals surface area (Å²) >= 11 is 0. The van der Waals surface area contributed by atoms with E-state index < -0.39 is 5.54 Å². The first-order valence-electron chi connectivity index (χ1n) is 12.3. The number of methoxy groups -OCH3 is 1. The molecule has 3 saturated heterocycles. The molecule has 1 aromatic carbocycles. The van der Waals surface area contributed by atoms with Gasteiger partial charge in [0, 0.05) is 31.9 Å². The van der Waals surface area contributed by atoms with Crippen LogP contribution in [-0.2, 0) is 4.79 Å². The quantitative estimate of drug-likeness (QED) is 0.655. The number of anilines is 1. The maximum absolute atomic E-state index is 13.6. The summed E-state index contributed by atoms with van der Waals surface area (Å²) in [5, 5.41) is 7.23. The lowest BCUT2D eigenvalue weighted by Crippen LogP contribution is -2.64. The summed E-state index contributed by atoms with van der Waals surface area (Å²) in [6.45, 7) is 2.06. The van der Waals surface area contributed by atoms with Crippen LogP contribution in [0.25, 0.3) is 0 Å². The van der Waals surface area contributed by atoms with Gasteiger partial charge in [-0.05, 0) is 49.7 Å². The smallest absolute Gasteiger partial charge is 0.244 e. The van der Waals surface area contributed by atoms with Crippen molar-refractivity contribution in [1.29, 1.82) is 0 Å². The Kier molecular flexibility index (Phi) is 5.86. The number of carbonyl (C=O) groups excluding carboxylic acids is 1. The number of nitrogens with zero attached hydrogens (tertiary/aromatic N) is 2. The number of rotatable bonds is 7. The van der Waals surface area contributed by atoms with Crippen LogP contribution in [0.2, 0.25) is 0 Å². The molecule has 1 saturated carbocycles. The first-order chi connectivity index (χ1) is 15.1. The molecule has 5 rings (SSSR count). The van der Waals surface area contributed by atoms with E-state index in [1.807, 2.05) is 18.0 Å². The van der Waals surface area contributed by atoms with Crippen molar-refractivity contribution < 1.29 is 9.53 Å². The number of fused-ring (bicyclic) bond motifs is 1. The van der Waals surface area contributed by atoms with E-state index in [0.717, 1.165) is 44.0 Å². The minimum absolute atomic E-state index is 0.187. The van der Waals surface area contributed by atoms with E-state index in [-0.39, 0.29) is 12.3 Å². The molecule has 1 amide bonds. The lowest BCUT2D eigenvalue weighted by Gasteiger charge is -2.42. The Morgan fingerprint density at radius 3 is 2.81 bits per heavy atom. The fraction of sp³-hybridized carbons (Fsp3) is 0.720. The molecule has 0 bridgehead atoms. The molecule has 3 unspecified atom stereocenters. The molecule has 0 aromatic heterocycles. The van der Waals surface area contributed by atoms with Crippen molar-refractivity contribution in [3.8, 4) is 5.75 Å². The number of hydrogen-bond donors (Lipinski definition) is 2. The minimum Gasteiger partial charge on any atom is -0.497 e.